The van der Waals surface area contributed by atoms with Gasteiger partial charge in [-0.1, -0.05) is 6.07 Å². The predicted molar refractivity (Wildman–Crippen MR) is 84.7 cm³/mol. The summed E-state index contributed by atoms with van der Waals surface area (Å²) in [6.45, 7) is 2.91. The smallest absolute Gasteiger partial charge is 0.126 e. The van der Waals surface area contributed by atoms with E-state index < -0.39 is 0 Å². The first-order valence-corrected chi connectivity index (χ1v) is 7.71. The van der Waals surface area contributed by atoms with Gasteiger partial charge in [0, 0.05) is 46.1 Å². The van der Waals surface area contributed by atoms with Crippen LogP contribution in [-0.4, -0.2) is 46.9 Å². The van der Waals surface area contributed by atoms with Crippen LogP contribution in [0.15, 0.2) is 36.8 Å². The van der Waals surface area contributed by atoms with E-state index in [1.165, 1.54) is 12.1 Å². The Morgan fingerprint density at radius 1 is 1.39 bits per heavy atom. The lowest BCUT2D eigenvalue weighted by Gasteiger charge is -2.28. The van der Waals surface area contributed by atoms with Crippen molar-refractivity contribution in [3.8, 4) is 5.75 Å². The molecule has 1 saturated heterocycles. The van der Waals surface area contributed by atoms with Crippen LogP contribution in [0.25, 0.3) is 0 Å². The third-order valence-corrected chi connectivity index (χ3v) is 4.27. The molecule has 1 aliphatic rings. The van der Waals surface area contributed by atoms with Gasteiger partial charge in [0.05, 0.1) is 12.0 Å². The Bertz CT molecular complexity index is 661. The van der Waals surface area contributed by atoms with Crippen molar-refractivity contribution in [2.24, 2.45) is 7.05 Å². The minimum absolute atomic E-state index is 0.294. The predicted octanol–water partition coefficient (Wildman–Crippen LogP) is 2.23. The molecule has 2 heterocycles. The van der Waals surface area contributed by atoms with Gasteiger partial charge in [-0.2, -0.15) is 0 Å². The molecule has 0 spiro atoms. The van der Waals surface area contributed by atoms with E-state index in [0.29, 0.717) is 12.4 Å². The van der Waals surface area contributed by atoms with E-state index in [4.69, 9.17) is 9.47 Å². The summed E-state index contributed by atoms with van der Waals surface area (Å²) >= 11 is 0. The first-order valence-electron chi connectivity index (χ1n) is 7.71. The second kappa shape index (κ2) is 6.68. The Hall–Kier alpha value is -1.92. The number of likely N-dealkylation sites (tertiary alicyclic amines) is 1. The number of ether oxygens (including phenoxy) is 2. The van der Waals surface area contributed by atoms with Crippen molar-refractivity contribution < 1.29 is 13.9 Å². The van der Waals surface area contributed by atoms with E-state index in [2.05, 4.69) is 9.88 Å². The van der Waals surface area contributed by atoms with Gasteiger partial charge in [-0.05, 0) is 18.6 Å². The molecule has 124 valence electrons. The maximum absolute atomic E-state index is 13.2. The molecular formula is C17H22FN3O2. The molecule has 1 fully saturated rings. The third kappa shape index (κ3) is 3.89. The molecule has 23 heavy (non-hydrogen) atoms. The molecule has 0 radical (unpaired) electrons. The largest absolute Gasteiger partial charge is 0.490 e. The van der Waals surface area contributed by atoms with Crippen LogP contribution in [-0.2, 0) is 18.3 Å². The molecule has 0 saturated carbocycles. The van der Waals surface area contributed by atoms with E-state index in [-0.39, 0.29) is 11.4 Å². The van der Waals surface area contributed by atoms with Crippen LogP contribution in [0.1, 0.15) is 12.1 Å². The van der Waals surface area contributed by atoms with Gasteiger partial charge in [0.25, 0.3) is 0 Å². The Morgan fingerprint density at radius 3 is 2.96 bits per heavy atom. The fraction of sp³-hybridized carbons (Fsp3) is 0.471. The van der Waals surface area contributed by atoms with Crippen LogP contribution in [0, 0.1) is 5.82 Å². The van der Waals surface area contributed by atoms with Crippen LogP contribution >= 0.6 is 0 Å². The zero-order valence-electron chi connectivity index (χ0n) is 13.5. The zero-order valence-corrected chi connectivity index (χ0v) is 13.5. The van der Waals surface area contributed by atoms with E-state index in [1.54, 1.807) is 19.2 Å². The molecule has 2 aromatic rings. The van der Waals surface area contributed by atoms with Crippen LogP contribution in [0.5, 0.6) is 5.75 Å². The Kier molecular flexibility index (Phi) is 4.63. The average Bonchev–Trinajstić information content (AvgIpc) is 3.13. The van der Waals surface area contributed by atoms with Gasteiger partial charge >= 0.3 is 0 Å². The molecule has 1 unspecified atom stereocenters. The van der Waals surface area contributed by atoms with Crippen molar-refractivity contribution in [2.75, 3.05) is 26.8 Å². The number of aryl methyl sites for hydroxylation is 1. The molecule has 1 aliphatic heterocycles. The number of aromatic nitrogens is 2. The molecule has 0 aliphatic carbocycles. The Labute approximate surface area is 135 Å². The fourth-order valence-corrected chi connectivity index (χ4v) is 2.96. The van der Waals surface area contributed by atoms with Crippen molar-refractivity contribution in [2.45, 2.75) is 18.6 Å². The number of hydrogen-bond donors (Lipinski definition) is 0. The number of hydrogen-bond acceptors (Lipinski definition) is 4. The van der Waals surface area contributed by atoms with Crippen LogP contribution in [0.3, 0.4) is 0 Å². The van der Waals surface area contributed by atoms with Crippen molar-refractivity contribution >= 4 is 0 Å². The van der Waals surface area contributed by atoms with E-state index >= 15 is 0 Å². The lowest BCUT2D eigenvalue weighted by Crippen LogP contribution is -2.41. The van der Waals surface area contributed by atoms with Crippen LogP contribution < -0.4 is 4.74 Å². The standard InChI is InChI=1S/C17H22FN3O2/c1-20-9-15(19-13-20)10-21-7-6-17(11-21,22-2)12-23-16-5-3-4-14(18)8-16/h3-5,8-9,13H,6-7,10-12H2,1-2H3. The molecule has 1 aromatic carbocycles. The summed E-state index contributed by atoms with van der Waals surface area (Å²) < 4.78 is 26.7. The molecule has 1 atom stereocenters. The molecule has 0 bridgehead atoms. The van der Waals surface area contributed by atoms with Gasteiger partial charge in [0.2, 0.25) is 0 Å². The highest BCUT2D eigenvalue weighted by Crippen LogP contribution is 2.27. The quantitative estimate of drug-likeness (QED) is 0.818. The number of rotatable bonds is 6. The van der Waals surface area contributed by atoms with Crippen LogP contribution in [0.4, 0.5) is 4.39 Å². The number of methoxy groups -OCH3 is 1. The summed E-state index contributed by atoms with van der Waals surface area (Å²) in [7, 11) is 3.67. The number of nitrogens with zero attached hydrogens (tertiary/aromatic N) is 3. The minimum atomic E-state index is -0.360. The van der Waals surface area contributed by atoms with Crippen molar-refractivity contribution in [3.63, 3.8) is 0 Å². The summed E-state index contributed by atoms with van der Waals surface area (Å²) in [6, 6.07) is 6.20. The third-order valence-electron chi connectivity index (χ3n) is 4.27. The van der Waals surface area contributed by atoms with Gasteiger partial charge in [-0.3, -0.25) is 4.90 Å². The van der Waals surface area contributed by atoms with E-state index in [9.17, 15) is 4.39 Å². The van der Waals surface area contributed by atoms with E-state index in [1.807, 2.05) is 24.1 Å². The molecule has 1 aromatic heterocycles. The normalized spacial score (nSPS) is 21.7. The lowest BCUT2D eigenvalue weighted by atomic mass is 10.0. The summed E-state index contributed by atoms with van der Waals surface area (Å²) in [5.41, 5.74) is 0.687. The SMILES string of the molecule is COC1(COc2cccc(F)c2)CCN(Cc2cn(C)cn2)C1. The van der Waals surface area contributed by atoms with E-state index in [0.717, 1.165) is 31.7 Å². The highest BCUT2D eigenvalue weighted by molar-refractivity contribution is 5.22. The number of halogens is 1. The Balaban J connectivity index is 1.58. The van der Waals surface area contributed by atoms with Gasteiger partial charge in [-0.15, -0.1) is 0 Å². The summed E-state index contributed by atoms with van der Waals surface area (Å²) in [5, 5.41) is 0. The average molecular weight is 319 g/mol. The van der Waals surface area contributed by atoms with Crippen LogP contribution in [0.2, 0.25) is 0 Å². The van der Waals surface area contributed by atoms with Gasteiger partial charge in [0.1, 0.15) is 23.8 Å². The van der Waals surface area contributed by atoms with Crippen molar-refractivity contribution in [1.29, 1.82) is 0 Å². The van der Waals surface area contributed by atoms with Crippen molar-refractivity contribution in [1.82, 2.24) is 14.5 Å². The summed E-state index contributed by atoms with van der Waals surface area (Å²) in [5.74, 6) is 0.238. The van der Waals surface area contributed by atoms with Crippen molar-refractivity contribution in [3.05, 3.63) is 48.3 Å². The molecule has 3 rings (SSSR count). The first-order chi connectivity index (χ1) is 11.1. The summed E-state index contributed by atoms with van der Waals surface area (Å²) in [6.07, 6.45) is 4.71. The number of imidazole rings is 1. The monoisotopic (exact) mass is 319 g/mol. The highest BCUT2D eigenvalue weighted by atomic mass is 19.1. The van der Waals surface area contributed by atoms with Gasteiger partial charge in [-0.25, -0.2) is 9.37 Å². The maximum Gasteiger partial charge on any atom is 0.126 e. The van der Waals surface area contributed by atoms with Gasteiger partial charge in [0.15, 0.2) is 0 Å². The second-order valence-corrected chi connectivity index (χ2v) is 6.12. The number of benzene rings is 1. The molecule has 5 nitrogen and oxygen atoms in total. The lowest BCUT2D eigenvalue weighted by molar-refractivity contribution is -0.0360. The first kappa shape index (κ1) is 16.0. The summed E-state index contributed by atoms with van der Waals surface area (Å²) in [4.78, 5) is 6.67. The molecule has 0 N–H and O–H groups in total. The molecule has 6 heteroatoms. The topological polar surface area (TPSA) is 39.5 Å². The fourth-order valence-electron chi connectivity index (χ4n) is 2.96. The molecular weight excluding hydrogens is 297 g/mol. The molecule has 0 amide bonds. The van der Waals surface area contributed by atoms with Gasteiger partial charge < -0.3 is 14.0 Å². The maximum atomic E-state index is 13.2. The second-order valence-electron chi connectivity index (χ2n) is 6.12. The highest BCUT2D eigenvalue weighted by Gasteiger charge is 2.39. The zero-order chi connectivity index (χ0) is 16.3. The Morgan fingerprint density at radius 2 is 2.26 bits per heavy atom. The minimum Gasteiger partial charge on any atom is -0.490 e.